The molecule has 34 heavy (non-hydrogen) atoms. The monoisotopic (exact) mass is 466 g/mol. The fourth-order valence-electron chi connectivity index (χ4n) is 4.21. The molecule has 0 aromatic heterocycles. The molecule has 3 aromatic carbocycles. The molecule has 5 heteroatoms. The summed E-state index contributed by atoms with van der Waals surface area (Å²) in [6.07, 6.45) is 5.82. The van der Waals surface area contributed by atoms with E-state index in [1.54, 1.807) is 49.4 Å². The maximum Gasteiger partial charge on any atom is 0.186 e. The molecule has 0 radical (unpaired) electrons. The lowest BCUT2D eigenvalue weighted by Gasteiger charge is -2.29. The molecule has 1 heterocycles. The molecule has 1 fully saturated rings. The number of benzene rings is 3. The summed E-state index contributed by atoms with van der Waals surface area (Å²) in [7, 11) is 0. The van der Waals surface area contributed by atoms with Gasteiger partial charge in [0.05, 0.1) is 13.2 Å². The van der Waals surface area contributed by atoms with Crippen molar-refractivity contribution in [2.75, 3.05) is 13.2 Å². The van der Waals surface area contributed by atoms with Crippen molar-refractivity contribution >= 4 is 0 Å². The number of hydrogen-bond acceptors (Lipinski definition) is 2. The molecule has 1 aliphatic heterocycles. The Bertz CT molecular complexity index is 1150. The van der Waals surface area contributed by atoms with Crippen molar-refractivity contribution in [3.05, 3.63) is 95.3 Å². The van der Waals surface area contributed by atoms with Gasteiger partial charge in [-0.25, -0.2) is 13.2 Å². The Balaban J connectivity index is 1.46. The second-order valence-corrected chi connectivity index (χ2v) is 8.58. The van der Waals surface area contributed by atoms with Crippen molar-refractivity contribution < 1.29 is 22.6 Å². The molecule has 0 N–H and O–H groups in total. The van der Waals surface area contributed by atoms with Crippen LogP contribution in [0.15, 0.2) is 66.7 Å². The normalized spacial score (nSPS) is 18.5. The number of ether oxygens (including phenoxy) is 2. The topological polar surface area (TPSA) is 18.5 Å². The fraction of sp³-hybridized carbons (Fsp3) is 0.310. The third-order valence-corrected chi connectivity index (χ3v) is 6.27. The quantitative estimate of drug-likeness (QED) is 0.328. The Hall–Kier alpha value is -2.89. The highest BCUT2D eigenvalue weighted by Gasteiger charge is 2.25. The van der Waals surface area contributed by atoms with Crippen LogP contribution in [0.5, 0.6) is 0 Å². The molecular weight excluding hydrogens is 437 g/mol. The standard InChI is InChI=1S/C29H29F3O2/c1-3-5-6-7-19-17-33-29(34-18-19)25-15-13-23(16-26(25)30)21-8-10-22(11-9-21)24-14-12-20(4-2)27(31)28(24)32/h3,5,8-16,19,29H,4,6-7,17-18H2,1-2H3/b5-3+. The highest BCUT2D eigenvalue weighted by Crippen LogP contribution is 2.33. The minimum Gasteiger partial charge on any atom is -0.348 e. The molecule has 0 saturated carbocycles. The first-order chi connectivity index (χ1) is 16.5. The van der Waals surface area contributed by atoms with E-state index in [1.807, 2.05) is 19.1 Å². The molecule has 0 atom stereocenters. The van der Waals surface area contributed by atoms with E-state index >= 15 is 0 Å². The van der Waals surface area contributed by atoms with Gasteiger partial charge in [0.1, 0.15) is 5.82 Å². The third-order valence-electron chi connectivity index (χ3n) is 6.27. The molecule has 0 spiro atoms. The zero-order chi connectivity index (χ0) is 24.1. The van der Waals surface area contributed by atoms with Crippen LogP contribution >= 0.6 is 0 Å². The van der Waals surface area contributed by atoms with E-state index in [-0.39, 0.29) is 5.56 Å². The first-order valence-corrected chi connectivity index (χ1v) is 11.7. The predicted molar refractivity (Wildman–Crippen MR) is 129 cm³/mol. The van der Waals surface area contributed by atoms with Crippen molar-refractivity contribution in [1.82, 2.24) is 0 Å². The van der Waals surface area contributed by atoms with Crippen LogP contribution in [-0.4, -0.2) is 13.2 Å². The van der Waals surface area contributed by atoms with E-state index in [4.69, 9.17) is 9.47 Å². The van der Waals surface area contributed by atoms with Crippen LogP contribution in [0.25, 0.3) is 22.3 Å². The Morgan fingerprint density at radius 1 is 0.853 bits per heavy atom. The minimum absolute atomic E-state index is 0.207. The van der Waals surface area contributed by atoms with Crippen LogP contribution in [0.3, 0.4) is 0 Å². The Labute approximate surface area is 199 Å². The molecule has 178 valence electrons. The molecule has 1 saturated heterocycles. The van der Waals surface area contributed by atoms with Crippen LogP contribution in [0.1, 0.15) is 44.1 Å². The molecule has 3 aromatic rings. The van der Waals surface area contributed by atoms with Gasteiger partial charge in [0.2, 0.25) is 0 Å². The summed E-state index contributed by atoms with van der Waals surface area (Å²) in [5, 5.41) is 0. The fourth-order valence-corrected chi connectivity index (χ4v) is 4.21. The maximum atomic E-state index is 14.9. The molecule has 4 rings (SSSR count). The Kier molecular flexibility index (Phi) is 7.86. The van der Waals surface area contributed by atoms with Crippen LogP contribution in [0, 0.1) is 23.4 Å². The Morgan fingerprint density at radius 2 is 1.53 bits per heavy atom. The molecule has 2 nitrogen and oxygen atoms in total. The maximum absolute atomic E-state index is 14.9. The lowest BCUT2D eigenvalue weighted by Crippen LogP contribution is -2.27. The summed E-state index contributed by atoms with van der Waals surface area (Å²) < 4.78 is 55.1. The molecule has 1 aliphatic rings. The largest absolute Gasteiger partial charge is 0.348 e. The van der Waals surface area contributed by atoms with Gasteiger partial charge in [-0.05, 0) is 54.5 Å². The van der Waals surface area contributed by atoms with E-state index in [0.29, 0.717) is 47.8 Å². The van der Waals surface area contributed by atoms with Gasteiger partial charge >= 0.3 is 0 Å². The highest BCUT2D eigenvalue weighted by molar-refractivity contribution is 5.71. The number of aryl methyl sites for hydroxylation is 1. The van der Waals surface area contributed by atoms with E-state index in [9.17, 15) is 13.2 Å². The van der Waals surface area contributed by atoms with Crippen LogP contribution in [-0.2, 0) is 15.9 Å². The van der Waals surface area contributed by atoms with Crippen molar-refractivity contribution in [2.24, 2.45) is 5.92 Å². The number of allylic oxidation sites excluding steroid dienone is 2. The number of halogens is 3. The molecule has 0 aliphatic carbocycles. The van der Waals surface area contributed by atoms with E-state index in [0.717, 1.165) is 18.4 Å². The Morgan fingerprint density at radius 3 is 2.18 bits per heavy atom. The zero-order valence-electron chi connectivity index (χ0n) is 19.5. The zero-order valence-corrected chi connectivity index (χ0v) is 19.5. The number of rotatable bonds is 7. The lowest BCUT2D eigenvalue weighted by molar-refractivity contribution is -0.207. The lowest BCUT2D eigenvalue weighted by atomic mass is 9.97. The van der Waals surface area contributed by atoms with Crippen molar-refractivity contribution in [3.8, 4) is 22.3 Å². The van der Waals surface area contributed by atoms with Crippen LogP contribution in [0.4, 0.5) is 13.2 Å². The van der Waals surface area contributed by atoms with E-state index < -0.39 is 23.7 Å². The molecule has 0 amide bonds. The van der Waals surface area contributed by atoms with Gasteiger partial charge in [-0.2, -0.15) is 0 Å². The van der Waals surface area contributed by atoms with Gasteiger partial charge in [0, 0.05) is 17.0 Å². The van der Waals surface area contributed by atoms with Crippen molar-refractivity contribution in [2.45, 2.75) is 39.4 Å². The first-order valence-electron chi connectivity index (χ1n) is 11.7. The molecular formula is C29H29F3O2. The van der Waals surface area contributed by atoms with E-state index in [1.165, 1.54) is 6.07 Å². The van der Waals surface area contributed by atoms with Crippen LogP contribution < -0.4 is 0 Å². The summed E-state index contributed by atoms with van der Waals surface area (Å²) in [6.45, 7) is 4.87. The second-order valence-electron chi connectivity index (χ2n) is 8.58. The summed E-state index contributed by atoms with van der Waals surface area (Å²) in [5.74, 6) is -1.75. The van der Waals surface area contributed by atoms with E-state index in [2.05, 4.69) is 6.08 Å². The summed E-state index contributed by atoms with van der Waals surface area (Å²) in [4.78, 5) is 0. The van der Waals surface area contributed by atoms with Gasteiger partial charge in [-0.3, -0.25) is 0 Å². The second kappa shape index (κ2) is 11.0. The smallest absolute Gasteiger partial charge is 0.186 e. The average molecular weight is 467 g/mol. The predicted octanol–water partition coefficient (Wildman–Crippen LogP) is 8.02. The first kappa shape index (κ1) is 24.2. The van der Waals surface area contributed by atoms with Gasteiger partial charge < -0.3 is 9.47 Å². The van der Waals surface area contributed by atoms with Gasteiger partial charge in [0.15, 0.2) is 17.9 Å². The highest BCUT2D eigenvalue weighted by atomic mass is 19.2. The molecule has 0 unspecified atom stereocenters. The van der Waals surface area contributed by atoms with Gasteiger partial charge in [-0.1, -0.05) is 67.6 Å². The average Bonchev–Trinajstić information content (AvgIpc) is 2.86. The van der Waals surface area contributed by atoms with Crippen LogP contribution in [0.2, 0.25) is 0 Å². The van der Waals surface area contributed by atoms with Gasteiger partial charge in [-0.15, -0.1) is 0 Å². The summed E-state index contributed by atoms with van der Waals surface area (Å²) in [5.41, 5.74) is 2.95. The third kappa shape index (κ3) is 5.26. The van der Waals surface area contributed by atoms with Gasteiger partial charge in [0.25, 0.3) is 0 Å². The summed E-state index contributed by atoms with van der Waals surface area (Å²) >= 11 is 0. The summed E-state index contributed by atoms with van der Waals surface area (Å²) in [6, 6.07) is 15.1. The number of hydrogen-bond donors (Lipinski definition) is 0. The SMILES string of the molecule is C/C=C/CCC1COC(c2ccc(-c3ccc(-c4ccc(CC)c(F)c4F)cc3)cc2F)OC1. The minimum atomic E-state index is -0.848. The molecule has 0 bridgehead atoms. The van der Waals surface area contributed by atoms with Crippen molar-refractivity contribution in [3.63, 3.8) is 0 Å². The van der Waals surface area contributed by atoms with Crippen molar-refractivity contribution in [1.29, 1.82) is 0 Å².